The molecule has 1 unspecified atom stereocenters. The highest BCUT2D eigenvalue weighted by Gasteiger charge is 2.08. The van der Waals surface area contributed by atoms with Crippen molar-refractivity contribution in [3.63, 3.8) is 0 Å². The summed E-state index contributed by atoms with van der Waals surface area (Å²) in [5, 5.41) is 8.63. The number of carboxylic acids is 1. The van der Waals surface area contributed by atoms with E-state index in [1.807, 2.05) is 18.3 Å². The molecule has 0 amide bonds. The van der Waals surface area contributed by atoms with Gasteiger partial charge in [0.1, 0.15) is 0 Å². The first-order valence-electron chi connectivity index (χ1n) is 5.41. The summed E-state index contributed by atoms with van der Waals surface area (Å²) in [6.45, 7) is 4.16. The summed E-state index contributed by atoms with van der Waals surface area (Å²) >= 11 is 1.85. The highest BCUT2D eigenvalue weighted by molar-refractivity contribution is 7.11. The fourth-order valence-corrected chi connectivity index (χ4v) is 2.51. The Morgan fingerprint density at radius 2 is 2.13 bits per heavy atom. The average Bonchev–Trinajstić information content (AvgIpc) is 2.61. The number of hydrogen-bond acceptors (Lipinski definition) is 2. The van der Waals surface area contributed by atoms with Gasteiger partial charge in [0, 0.05) is 16.2 Å². The second kappa shape index (κ2) is 5.91. The lowest BCUT2D eigenvalue weighted by molar-refractivity contribution is -0.138. The molecule has 0 bridgehead atoms. The third-order valence-corrected chi connectivity index (χ3v) is 3.76. The van der Waals surface area contributed by atoms with Gasteiger partial charge in [-0.1, -0.05) is 13.8 Å². The average molecular weight is 226 g/mol. The topological polar surface area (TPSA) is 37.3 Å². The fourth-order valence-electron chi connectivity index (χ4n) is 1.54. The molecular formula is C12H18O2S. The van der Waals surface area contributed by atoms with E-state index in [2.05, 4.69) is 19.1 Å². The van der Waals surface area contributed by atoms with Gasteiger partial charge in [0.15, 0.2) is 0 Å². The number of aryl methyl sites for hydroxylation is 2. The second-order valence-electron chi connectivity index (χ2n) is 3.96. The van der Waals surface area contributed by atoms with Gasteiger partial charge in [-0.2, -0.15) is 0 Å². The molecule has 0 aliphatic rings. The van der Waals surface area contributed by atoms with E-state index in [4.69, 9.17) is 5.11 Å². The molecule has 3 heteroatoms. The van der Waals surface area contributed by atoms with Gasteiger partial charge in [-0.25, -0.2) is 0 Å². The van der Waals surface area contributed by atoms with Gasteiger partial charge in [0.2, 0.25) is 0 Å². The maximum Gasteiger partial charge on any atom is 0.303 e. The molecule has 15 heavy (non-hydrogen) atoms. The van der Waals surface area contributed by atoms with Crippen LogP contribution < -0.4 is 0 Å². The summed E-state index contributed by atoms with van der Waals surface area (Å²) in [5.74, 6) is -0.419. The lowest BCUT2D eigenvalue weighted by Crippen LogP contribution is -2.04. The molecule has 0 saturated carbocycles. The van der Waals surface area contributed by atoms with Crippen molar-refractivity contribution >= 4 is 17.3 Å². The Balaban J connectivity index is 2.33. The maximum atomic E-state index is 10.5. The van der Waals surface area contributed by atoms with Crippen LogP contribution in [0.25, 0.3) is 0 Å². The van der Waals surface area contributed by atoms with Crippen LogP contribution in [0.4, 0.5) is 0 Å². The third kappa shape index (κ3) is 4.47. The van der Waals surface area contributed by atoms with Crippen LogP contribution in [0.1, 0.15) is 36.4 Å². The molecule has 0 aromatic carbocycles. The molecule has 0 spiro atoms. The number of aliphatic carboxylic acids is 1. The molecule has 0 saturated heterocycles. The lowest BCUT2D eigenvalue weighted by atomic mass is 10.0. The van der Waals surface area contributed by atoms with Crippen LogP contribution in [0.3, 0.4) is 0 Å². The maximum absolute atomic E-state index is 10.5. The van der Waals surface area contributed by atoms with Crippen molar-refractivity contribution in [1.29, 1.82) is 0 Å². The summed E-state index contributed by atoms with van der Waals surface area (Å²) in [7, 11) is 0. The SMILES string of the molecule is CCc1ccc(CCC(C)CC(=O)O)s1. The van der Waals surface area contributed by atoms with E-state index < -0.39 is 5.97 Å². The minimum absolute atomic E-state index is 0.273. The Labute approximate surface area is 94.9 Å². The number of carboxylic acid groups (broad SMARTS) is 1. The van der Waals surface area contributed by atoms with Crippen LogP contribution in [-0.2, 0) is 17.6 Å². The van der Waals surface area contributed by atoms with Crippen molar-refractivity contribution in [1.82, 2.24) is 0 Å². The lowest BCUT2D eigenvalue weighted by Gasteiger charge is -2.06. The van der Waals surface area contributed by atoms with Crippen molar-refractivity contribution in [2.24, 2.45) is 5.92 Å². The summed E-state index contributed by atoms with van der Waals surface area (Å²) in [5.41, 5.74) is 0. The zero-order chi connectivity index (χ0) is 11.3. The van der Waals surface area contributed by atoms with Crippen LogP contribution in [0.2, 0.25) is 0 Å². The first kappa shape index (κ1) is 12.2. The van der Waals surface area contributed by atoms with E-state index in [0.29, 0.717) is 0 Å². The van der Waals surface area contributed by atoms with Crippen molar-refractivity contribution < 1.29 is 9.90 Å². The predicted molar refractivity (Wildman–Crippen MR) is 63.4 cm³/mol. The van der Waals surface area contributed by atoms with Crippen LogP contribution in [0, 0.1) is 5.92 Å². The van der Waals surface area contributed by atoms with E-state index in [9.17, 15) is 4.79 Å². The first-order valence-corrected chi connectivity index (χ1v) is 6.22. The minimum Gasteiger partial charge on any atom is -0.481 e. The Bertz CT molecular complexity index is 317. The fraction of sp³-hybridized carbons (Fsp3) is 0.583. The molecule has 2 nitrogen and oxygen atoms in total. The van der Waals surface area contributed by atoms with Crippen molar-refractivity contribution in [3.05, 3.63) is 21.9 Å². The van der Waals surface area contributed by atoms with Crippen LogP contribution >= 0.6 is 11.3 Å². The van der Waals surface area contributed by atoms with Gasteiger partial charge >= 0.3 is 5.97 Å². The summed E-state index contributed by atoms with van der Waals surface area (Å²) in [6.07, 6.45) is 3.36. The van der Waals surface area contributed by atoms with Crippen molar-refractivity contribution in [3.8, 4) is 0 Å². The van der Waals surface area contributed by atoms with E-state index >= 15 is 0 Å². The number of hydrogen-bond donors (Lipinski definition) is 1. The number of carbonyl (C=O) groups is 1. The summed E-state index contributed by atoms with van der Waals surface area (Å²) < 4.78 is 0. The molecule has 0 radical (unpaired) electrons. The molecule has 84 valence electrons. The van der Waals surface area contributed by atoms with Crippen LogP contribution in [-0.4, -0.2) is 11.1 Å². The van der Waals surface area contributed by atoms with Crippen molar-refractivity contribution in [2.45, 2.75) is 39.5 Å². The molecule has 1 aromatic rings. The number of rotatable bonds is 6. The Hall–Kier alpha value is -0.830. The second-order valence-corrected chi connectivity index (χ2v) is 5.22. The normalized spacial score (nSPS) is 12.7. The quantitative estimate of drug-likeness (QED) is 0.807. The highest BCUT2D eigenvalue weighted by atomic mass is 32.1. The van der Waals surface area contributed by atoms with Crippen LogP contribution in [0.15, 0.2) is 12.1 Å². The predicted octanol–water partition coefficient (Wildman–Crippen LogP) is 3.35. The first-order chi connectivity index (χ1) is 7.11. The summed E-state index contributed by atoms with van der Waals surface area (Å²) in [4.78, 5) is 13.3. The van der Waals surface area contributed by atoms with Gasteiger partial charge in [0.25, 0.3) is 0 Å². The highest BCUT2D eigenvalue weighted by Crippen LogP contribution is 2.20. The van der Waals surface area contributed by atoms with Gasteiger partial charge in [0.05, 0.1) is 0 Å². The van der Waals surface area contributed by atoms with Gasteiger partial charge < -0.3 is 5.11 Å². The Morgan fingerprint density at radius 3 is 2.67 bits per heavy atom. The molecular weight excluding hydrogens is 208 g/mol. The zero-order valence-corrected chi connectivity index (χ0v) is 10.1. The standard InChI is InChI=1S/C12H18O2S/c1-3-10-6-7-11(15-10)5-4-9(2)8-12(13)14/h6-7,9H,3-5,8H2,1-2H3,(H,13,14). The molecule has 1 rings (SSSR count). The van der Waals surface area contributed by atoms with E-state index in [-0.39, 0.29) is 12.3 Å². The van der Waals surface area contributed by atoms with Gasteiger partial charge in [-0.05, 0) is 37.3 Å². The van der Waals surface area contributed by atoms with Crippen LogP contribution in [0.5, 0.6) is 0 Å². The zero-order valence-electron chi connectivity index (χ0n) is 9.32. The molecule has 1 atom stereocenters. The molecule has 0 aliphatic carbocycles. The van der Waals surface area contributed by atoms with E-state index in [1.54, 1.807) is 0 Å². The number of thiophene rings is 1. The van der Waals surface area contributed by atoms with E-state index in [0.717, 1.165) is 19.3 Å². The molecule has 1 heterocycles. The monoisotopic (exact) mass is 226 g/mol. The Kier molecular flexibility index (Phi) is 4.82. The molecule has 1 N–H and O–H groups in total. The third-order valence-electron chi connectivity index (χ3n) is 2.47. The Morgan fingerprint density at radius 1 is 1.47 bits per heavy atom. The van der Waals surface area contributed by atoms with E-state index in [1.165, 1.54) is 9.75 Å². The molecule has 1 aromatic heterocycles. The van der Waals surface area contributed by atoms with Gasteiger partial charge in [-0.3, -0.25) is 4.79 Å². The van der Waals surface area contributed by atoms with Gasteiger partial charge in [-0.15, -0.1) is 11.3 Å². The van der Waals surface area contributed by atoms with Crippen molar-refractivity contribution in [2.75, 3.05) is 0 Å². The smallest absolute Gasteiger partial charge is 0.303 e. The molecule has 0 aliphatic heterocycles. The molecule has 0 fully saturated rings. The minimum atomic E-state index is -0.692. The summed E-state index contributed by atoms with van der Waals surface area (Å²) in [6, 6.07) is 4.33. The largest absolute Gasteiger partial charge is 0.481 e.